The number of hydrogen-bond donors (Lipinski definition) is 1. The second-order valence-corrected chi connectivity index (χ2v) is 9.46. The van der Waals surface area contributed by atoms with Crippen molar-refractivity contribution in [3.8, 4) is 5.69 Å². The van der Waals surface area contributed by atoms with Crippen LogP contribution in [0.4, 0.5) is 0 Å². The number of halogens is 1. The third-order valence-corrected chi connectivity index (χ3v) is 7.17. The molecule has 4 rings (SSSR count). The number of nitrogens with one attached hydrogen (secondary N) is 1. The minimum Gasteiger partial charge on any atom is -0.354 e. The van der Waals surface area contributed by atoms with Gasteiger partial charge in [-0.15, -0.1) is 24.0 Å². The summed E-state index contributed by atoms with van der Waals surface area (Å²) in [4.78, 5) is 12.0. The highest BCUT2D eigenvalue weighted by molar-refractivity contribution is 14.0. The molecule has 7 nitrogen and oxygen atoms in total. The molecule has 2 aliphatic rings. The van der Waals surface area contributed by atoms with Crippen molar-refractivity contribution >= 4 is 29.9 Å². The summed E-state index contributed by atoms with van der Waals surface area (Å²) in [5, 5.41) is 8.28. The molecule has 8 heteroatoms. The number of nitrogens with zero attached hydrogens (tertiary/aromatic N) is 6. The fourth-order valence-electron chi connectivity index (χ4n) is 5.15. The Labute approximate surface area is 216 Å². The molecule has 2 aliphatic heterocycles. The Morgan fingerprint density at radius 2 is 1.79 bits per heavy atom. The fraction of sp³-hybridized carbons (Fsp3) is 0.600. The molecule has 0 radical (unpaired) electrons. The Kier molecular flexibility index (Phi) is 9.57. The number of aliphatic imine (C=N–C) groups is 1. The average Bonchev–Trinajstić information content (AvgIpc) is 3.30. The van der Waals surface area contributed by atoms with Crippen molar-refractivity contribution in [3.63, 3.8) is 0 Å². The maximum Gasteiger partial charge on any atom is 0.193 e. The molecule has 1 N–H and O–H groups in total. The zero-order valence-corrected chi connectivity index (χ0v) is 22.7. The van der Waals surface area contributed by atoms with Gasteiger partial charge in [-0.3, -0.25) is 9.89 Å². The van der Waals surface area contributed by atoms with E-state index in [2.05, 4.69) is 62.5 Å². The van der Waals surface area contributed by atoms with E-state index in [-0.39, 0.29) is 29.5 Å². The van der Waals surface area contributed by atoms with Crippen LogP contribution in [0.2, 0.25) is 0 Å². The molecule has 0 atom stereocenters. The Morgan fingerprint density at radius 1 is 1.09 bits per heavy atom. The van der Waals surface area contributed by atoms with Gasteiger partial charge in [0.15, 0.2) is 5.96 Å². The van der Waals surface area contributed by atoms with E-state index in [9.17, 15) is 0 Å². The molecule has 0 aliphatic carbocycles. The highest BCUT2D eigenvalue weighted by Crippen LogP contribution is 2.31. The van der Waals surface area contributed by atoms with Crippen LogP contribution in [0.15, 0.2) is 47.7 Å². The Hall–Kier alpha value is -1.65. The van der Waals surface area contributed by atoms with Gasteiger partial charge in [0.05, 0.1) is 11.9 Å². The number of benzene rings is 1. The van der Waals surface area contributed by atoms with Crippen LogP contribution in [0.1, 0.15) is 37.7 Å². The molecule has 3 heterocycles. The molecule has 2 saturated heterocycles. The monoisotopic (exact) mass is 565 g/mol. The van der Waals surface area contributed by atoms with Gasteiger partial charge in [-0.05, 0) is 71.0 Å². The maximum atomic E-state index is 4.60. The van der Waals surface area contributed by atoms with Gasteiger partial charge in [0.25, 0.3) is 0 Å². The van der Waals surface area contributed by atoms with Crippen LogP contribution in [0.3, 0.4) is 0 Å². The van der Waals surface area contributed by atoms with Crippen LogP contribution in [0.5, 0.6) is 0 Å². The number of para-hydroxylation sites is 1. The summed E-state index contributed by atoms with van der Waals surface area (Å²) < 4.78 is 1.93. The molecule has 0 bridgehead atoms. The number of likely N-dealkylation sites (tertiary alicyclic amines) is 2. The van der Waals surface area contributed by atoms with Gasteiger partial charge in [0.2, 0.25) is 0 Å². The number of rotatable bonds is 6. The third-order valence-electron chi connectivity index (χ3n) is 7.17. The highest BCUT2D eigenvalue weighted by atomic mass is 127. The van der Waals surface area contributed by atoms with Crippen molar-refractivity contribution in [2.24, 2.45) is 4.99 Å². The molecule has 0 amide bonds. The van der Waals surface area contributed by atoms with Crippen molar-refractivity contribution in [1.82, 2.24) is 29.8 Å². The third kappa shape index (κ3) is 6.48. The van der Waals surface area contributed by atoms with Crippen molar-refractivity contribution < 1.29 is 0 Å². The summed E-state index contributed by atoms with van der Waals surface area (Å²) in [7, 11) is 6.24. The topological polar surface area (TPSA) is 51.9 Å². The van der Waals surface area contributed by atoms with E-state index in [1.165, 1.54) is 63.8 Å². The lowest BCUT2D eigenvalue weighted by Crippen LogP contribution is -2.62. The predicted octanol–water partition coefficient (Wildman–Crippen LogP) is 3.45. The second kappa shape index (κ2) is 12.2. The van der Waals surface area contributed by atoms with E-state index < -0.39 is 0 Å². The van der Waals surface area contributed by atoms with Crippen molar-refractivity contribution in [2.75, 3.05) is 53.9 Å². The van der Waals surface area contributed by atoms with Crippen molar-refractivity contribution in [3.05, 3.63) is 48.3 Å². The van der Waals surface area contributed by atoms with Gasteiger partial charge >= 0.3 is 0 Å². The molecule has 1 aromatic heterocycles. The first-order valence-corrected chi connectivity index (χ1v) is 12.0. The summed E-state index contributed by atoms with van der Waals surface area (Å²) in [6, 6.07) is 10.2. The van der Waals surface area contributed by atoms with Gasteiger partial charge in [-0.2, -0.15) is 5.10 Å². The number of piperidine rings is 2. The molecule has 182 valence electrons. The molecule has 2 aromatic rings. The summed E-state index contributed by atoms with van der Waals surface area (Å²) in [6.45, 7) is 6.54. The molecule has 0 saturated carbocycles. The van der Waals surface area contributed by atoms with E-state index in [0.29, 0.717) is 0 Å². The van der Waals surface area contributed by atoms with Crippen LogP contribution in [-0.2, 0) is 6.54 Å². The first-order valence-electron chi connectivity index (χ1n) is 12.0. The van der Waals surface area contributed by atoms with Gasteiger partial charge in [0, 0.05) is 44.5 Å². The predicted molar refractivity (Wildman–Crippen MR) is 147 cm³/mol. The number of guanidine groups is 1. The van der Waals surface area contributed by atoms with Crippen LogP contribution < -0.4 is 5.32 Å². The largest absolute Gasteiger partial charge is 0.354 e. The van der Waals surface area contributed by atoms with Crippen molar-refractivity contribution in [2.45, 2.75) is 44.2 Å². The Bertz CT molecular complexity index is 868. The summed E-state index contributed by atoms with van der Waals surface area (Å²) >= 11 is 0. The maximum absolute atomic E-state index is 4.60. The highest BCUT2D eigenvalue weighted by Gasteiger charge is 2.39. The molecule has 0 spiro atoms. The smallest absolute Gasteiger partial charge is 0.193 e. The first kappa shape index (κ1) is 26.0. The minimum absolute atomic E-state index is 0. The lowest BCUT2D eigenvalue weighted by molar-refractivity contribution is 0.0170. The quantitative estimate of drug-likeness (QED) is 0.331. The van der Waals surface area contributed by atoms with Gasteiger partial charge < -0.3 is 15.1 Å². The normalized spacial score (nSPS) is 19.7. The summed E-state index contributed by atoms with van der Waals surface area (Å²) in [5.41, 5.74) is 2.49. The molecular formula is C25H40IN7. The van der Waals surface area contributed by atoms with E-state index in [4.69, 9.17) is 0 Å². The summed E-state index contributed by atoms with van der Waals surface area (Å²) in [5.74, 6) is 0.952. The van der Waals surface area contributed by atoms with E-state index >= 15 is 0 Å². The molecule has 2 fully saturated rings. The van der Waals surface area contributed by atoms with Gasteiger partial charge in [-0.1, -0.05) is 24.6 Å². The zero-order chi connectivity index (χ0) is 22.4. The number of aromatic nitrogens is 2. The fourth-order valence-corrected chi connectivity index (χ4v) is 5.15. The first-order chi connectivity index (χ1) is 15.6. The lowest BCUT2D eigenvalue weighted by Gasteiger charge is -2.50. The lowest BCUT2D eigenvalue weighted by atomic mass is 9.84. The minimum atomic E-state index is 0. The van der Waals surface area contributed by atoms with Crippen LogP contribution in [0.25, 0.3) is 5.69 Å². The molecule has 1 aromatic carbocycles. The van der Waals surface area contributed by atoms with Crippen molar-refractivity contribution in [1.29, 1.82) is 0 Å². The van der Waals surface area contributed by atoms with Crippen LogP contribution >= 0.6 is 24.0 Å². The second-order valence-electron chi connectivity index (χ2n) is 9.46. The molecule has 0 unspecified atom stereocenters. The van der Waals surface area contributed by atoms with Gasteiger partial charge in [0.1, 0.15) is 0 Å². The zero-order valence-electron chi connectivity index (χ0n) is 20.4. The average molecular weight is 566 g/mol. The SMILES string of the molecule is CN=C(NCC1(N2CCCCC2)CCN(C)CC1)N(C)Cc1cnn(-c2ccccc2)c1.I. The standard InChI is InChI=1S/C25H39N7.HI/c1-26-24(30(3)19-22-18-28-32(20-22)23-10-6-4-7-11-23)27-21-25(12-16-29(2)17-13-25)31-14-8-5-9-15-31;/h4,6-7,10-11,18,20H,5,8-9,12-17,19,21H2,1-3H3,(H,26,27);1H. The van der Waals surface area contributed by atoms with E-state index in [0.717, 1.165) is 24.7 Å². The van der Waals surface area contributed by atoms with E-state index in [1.54, 1.807) is 0 Å². The van der Waals surface area contributed by atoms with Crippen LogP contribution in [0, 0.1) is 0 Å². The molecular weight excluding hydrogens is 525 g/mol. The van der Waals surface area contributed by atoms with Crippen LogP contribution in [-0.4, -0.2) is 89.8 Å². The number of hydrogen-bond acceptors (Lipinski definition) is 4. The van der Waals surface area contributed by atoms with E-state index in [1.807, 2.05) is 36.1 Å². The summed E-state index contributed by atoms with van der Waals surface area (Å²) in [6.07, 6.45) is 10.5. The Morgan fingerprint density at radius 3 is 2.45 bits per heavy atom. The molecule has 33 heavy (non-hydrogen) atoms. The Balaban J connectivity index is 0.00000306. The van der Waals surface area contributed by atoms with Gasteiger partial charge in [-0.25, -0.2) is 4.68 Å².